The Morgan fingerprint density at radius 1 is 0.841 bits per heavy atom. The number of halogens is 2. The summed E-state index contributed by atoms with van der Waals surface area (Å²) in [6, 6.07) is 13.4. The van der Waals surface area contributed by atoms with Crippen LogP contribution < -0.4 is 9.64 Å². The molecule has 228 valence electrons. The van der Waals surface area contributed by atoms with Crippen molar-refractivity contribution in [2.75, 3.05) is 44.2 Å². The van der Waals surface area contributed by atoms with Crippen molar-refractivity contribution in [3.05, 3.63) is 72.6 Å². The molecule has 0 N–H and O–H groups in total. The molecule has 4 heterocycles. The topological polar surface area (TPSA) is 110 Å². The number of carbonyl (C=O) groups is 2. The summed E-state index contributed by atoms with van der Waals surface area (Å²) in [5.41, 5.74) is 1.21. The summed E-state index contributed by atoms with van der Waals surface area (Å²) in [7, 11) is 0. The van der Waals surface area contributed by atoms with Crippen molar-refractivity contribution in [3.63, 3.8) is 0 Å². The van der Waals surface area contributed by atoms with E-state index in [0.717, 1.165) is 18.7 Å². The standard InChI is InChI=1S/C31H32F2N8O3/c1-21(42)38-12-10-26(11-13-38)44-28-18-27(34-20-35-28)39-14-16-40(17-15-39)29(43)19-41-31(23-4-8-25(33)9-5-23)36-30(37-41)22-2-6-24(32)7-3-22/h2-9,18,20,26H,10-17,19H2,1H3. The number of carbonyl (C=O) groups excluding carboxylic acids is 2. The molecule has 11 nitrogen and oxygen atoms in total. The molecule has 0 spiro atoms. The van der Waals surface area contributed by atoms with Gasteiger partial charge in [-0.2, -0.15) is 0 Å². The molecule has 44 heavy (non-hydrogen) atoms. The number of anilines is 1. The summed E-state index contributed by atoms with van der Waals surface area (Å²) in [5.74, 6) is 1.16. The number of piperidine rings is 1. The molecule has 0 saturated carbocycles. The van der Waals surface area contributed by atoms with Gasteiger partial charge in [0.2, 0.25) is 17.7 Å². The van der Waals surface area contributed by atoms with E-state index in [-0.39, 0.29) is 36.1 Å². The Morgan fingerprint density at radius 2 is 1.48 bits per heavy atom. The number of hydrogen-bond acceptors (Lipinski definition) is 8. The number of likely N-dealkylation sites (tertiary alicyclic amines) is 1. The van der Waals surface area contributed by atoms with Crippen LogP contribution in [-0.2, 0) is 16.1 Å². The van der Waals surface area contributed by atoms with E-state index in [1.807, 2.05) is 11.0 Å². The second kappa shape index (κ2) is 12.7. The first-order valence-electron chi connectivity index (χ1n) is 14.6. The molecule has 0 unspecified atom stereocenters. The van der Waals surface area contributed by atoms with Crippen LogP contribution in [0.5, 0.6) is 5.88 Å². The van der Waals surface area contributed by atoms with Gasteiger partial charge in [-0.1, -0.05) is 0 Å². The maximum absolute atomic E-state index is 13.6. The fraction of sp³-hybridized carbons (Fsp3) is 0.355. The number of piperazine rings is 1. The molecule has 2 aliphatic rings. The van der Waals surface area contributed by atoms with Crippen molar-refractivity contribution in [3.8, 4) is 28.7 Å². The van der Waals surface area contributed by atoms with Crippen molar-refractivity contribution in [2.24, 2.45) is 0 Å². The zero-order valence-corrected chi connectivity index (χ0v) is 24.3. The summed E-state index contributed by atoms with van der Waals surface area (Å²) in [6.07, 6.45) is 2.97. The van der Waals surface area contributed by atoms with E-state index in [4.69, 9.17) is 4.74 Å². The van der Waals surface area contributed by atoms with Gasteiger partial charge in [0.1, 0.15) is 36.4 Å². The third kappa shape index (κ3) is 6.66. The molecule has 0 bridgehead atoms. The summed E-state index contributed by atoms with van der Waals surface area (Å²) < 4.78 is 34.7. The van der Waals surface area contributed by atoms with E-state index in [9.17, 15) is 18.4 Å². The van der Waals surface area contributed by atoms with E-state index in [1.165, 1.54) is 35.3 Å². The Balaban J connectivity index is 1.10. The molecular weight excluding hydrogens is 570 g/mol. The average molecular weight is 603 g/mol. The van der Waals surface area contributed by atoms with Gasteiger partial charge in [0, 0.05) is 76.2 Å². The largest absolute Gasteiger partial charge is 0.474 e. The number of rotatable bonds is 7. The maximum Gasteiger partial charge on any atom is 0.244 e. The third-order valence-corrected chi connectivity index (χ3v) is 7.92. The smallest absolute Gasteiger partial charge is 0.244 e. The number of amides is 2. The highest BCUT2D eigenvalue weighted by molar-refractivity contribution is 5.77. The lowest BCUT2D eigenvalue weighted by molar-refractivity contribution is -0.132. The molecule has 0 aliphatic carbocycles. The number of hydrogen-bond donors (Lipinski definition) is 0. The van der Waals surface area contributed by atoms with Crippen LogP contribution in [0.25, 0.3) is 22.8 Å². The predicted octanol–water partition coefficient (Wildman–Crippen LogP) is 3.42. The van der Waals surface area contributed by atoms with E-state index in [2.05, 4.69) is 25.0 Å². The highest BCUT2D eigenvalue weighted by Gasteiger charge is 2.26. The van der Waals surface area contributed by atoms with Gasteiger partial charge in [0.15, 0.2) is 11.6 Å². The second-order valence-corrected chi connectivity index (χ2v) is 10.8. The van der Waals surface area contributed by atoms with Gasteiger partial charge >= 0.3 is 0 Å². The first-order chi connectivity index (χ1) is 21.3. The first kappa shape index (κ1) is 29.1. The van der Waals surface area contributed by atoms with Gasteiger partial charge in [-0.3, -0.25) is 9.59 Å². The van der Waals surface area contributed by atoms with E-state index >= 15 is 0 Å². The molecule has 0 radical (unpaired) electrons. The quantitative estimate of drug-likeness (QED) is 0.317. The van der Waals surface area contributed by atoms with Crippen LogP contribution in [0.3, 0.4) is 0 Å². The van der Waals surface area contributed by atoms with Crippen molar-refractivity contribution < 1.29 is 23.1 Å². The van der Waals surface area contributed by atoms with Crippen LogP contribution in [0.1, 0.15) is 19.8 Å². The minimum Gasteiger partial charge on any atom is -0.474 e. The Kier molecular flexibility index (Phi) is 8.44. The van der Waals surface area contributed by atoms with Gasteiger partial charge in [-0.05, 0) is 48.5 Å². The monoisotopic (exact) mass is 602 g/mol. The molecule has 2 aromatic heterocycles. The Labute approximate surface area is 253 Å². The third-order valence-electron chi connectivity index (χ3n) is 7.92. The molecule has 2 fully saturated rings. The summed E-state index contributed by atoms with van der Waals surface area (Å²) in [6.45, 7) is 4.96. The summed E-state index contributed by atoms with van der Waals surface area (Å²) >= 11 is 0. The van der Waals surface area contributed by atoms with Crippen LogP contribution in [0.4, 0.5) is 14.6 Å². The number of aromatic nitrogens is 5. The van der Waals surface area contributed by atoms with Crippen LogP contribution in [0.15, 0.2) is 60.9 Å². The van der Waals surface area contributed by atoms with Crippen molar-refractivity contribution in [2.45, 2.75) is 32.4 Å². The van der Waals surface area contributed by atoms with Crippen molar-refractivity contribution in [1.82, 2.24) is 34.5 Å². The molecule has 2 aromatic carbocycles. The van der Waals surface area contributed by atoms with Crippen LogP contribution >= 0.6 is 0 Å². The van der Waals surface area contributed by atoms with E-state index < -0.39 is 0 Å². The second-order valence-electron chi connectivity index (χ2n) is 10.8. The molecule has 2 amide bonds. The normalized spacial score (nSPS) is 15.8. The van der Waals surface area contributed by atoms with Crippen molar-refractivity contribution >= 4 is 17.6 Å². The number of ether oxygens (including phenoxy) is 1. The summed E-state index contributed by atoms with van der Waals surface area (Å²) in [5, 5.41) is 4.56. The zero-order chi connectivity index (χ0) is 30.6. The Hall–Kier alpha value is -4.94. The predicted molar refractivity (Wildman–Crippen MR) is 158 cm³/mol. The van der Waals surface area contributed by atoms with E-state index in [0.29, 0.717) is 67.9 Å². The van der Waals surface area contributed by atoms with Gasteiger partial charge < -0.3 is 19.4 Å². The molecule has 0 atom stereocenters. The number of nitrogens with zero attached hydrogens (tertiary/aromatic N) is 8. The highest BCUT2D eigenvalue weighted by Crippen LogP contribution is 2.25. The minimum absolute atomic E-state index is 0.0111. The minimum atomic E-state index is -0.384. The van der Waals surface area contributed by atoms with Gasteiger partial charge in [-0.25, -0.2) is 28.4 Å². The molecule has 6 rings (SSSR count). The molecule has 2 aliphatic heterocycles. The molecular formula is C31H32F2N8O3. The Morgan fingerprint density at radius 3 is 2.11 bits per heavy atom. The fourth-order valence-electron chi connectivity index (χ4n) is 5.43. The van der Waals surface area contributed by atoms with E-state index in [1.54, 1.807) is 36.1 Å². The average Bonchev–Trinajstić information content (AvgIpc) is 3.45. The Bertz CT molecular complexity index is 1610. The fourth-order valence-corrected chi connectivity index (χ4v) is 5.43. The lowest BCUT2D eigenvalue weighted by atomic mass is 10.1. The zero-order valence-electron chi connectivity index (χ0n) is 24.3. The maximum atomic E-state index is 13.6. The first-order valence-corrected chi connectivity index (χ1v) is 14.6. The van der Waals surface area contributed by atoms with Crippen LogP contribution in [0.2, 0.25) is 0 Å². The SMILES string of the molecule is CC(=O)N1CCC(Oc2cc(N3CCN(C(=O)Cn4nc(-c5ccc(F)cc5)nc4-c4ccc(F)cc4)CC3)ncn2)CC1. The van der Waals surface area contributed by atoms with Gasteiger partial charge in [0.25, 0.3) is 0 Å². The lowest BCUT2D eigenvalue weighted by Gasteiger charge is -2.35. The van der Waals surface area contributed by atoms with Crippen LogP contribution in [0, 0.1) is 11.6 Å². The molecule has 2 saturated heterocycles. The number of benzene rings is 2. The van der Waals surface area contributed by atoms with Gasteiger partial charge in [0.05, 0.1) is 0 Å². The molecule has 13 heteroatoms. The van der Waals surface area contributed by atoms with Crippen molar-refractivity contribution in [1.29, 1.82) is 0 Å². The highest BCUT2D eigenvalue weighted by atomic mass is 19.1. The lowest BCUT2D eigenvalue weighted by Crippen LogP contribution is -2.50. The van der Waals surface area contributed by atoms with Crippen LogP contribution in [-0.4, -0.2) is 91.7 Å². The molecule has 4 aromatic rings. The van der Waals surface area contributed by atoms with Gasteiger partial charge in [-0.15, -0.1) is 5.10 Å². The summed E-state index contributed by atoms with van der Waals surface area (Å²) in [4.78, 5) is 44.0.